The van der Waals surface area contributed by atoms with Gasteiger partial charge in [-0.2, -0.15) is 0 Å². The molecule has 0 aliphatic heterocycles. The maximum Gasteiger partial charge on any atom is 0.237 e. The molecule has 0 aliphatic carbocycles. The van der Waals surface area contributed by atoms with Crippen LogP contribution >= 0.6 is 23.4 Å². The van der Waals surface area contributed by atoms with Crippen LogP contribution in [0.5, 0.6) is 5.75 Å². The summed E-state index contributed by atoms with van der Waals surface area (Å²) >= 11 is 7.50. The van der Waals surface area contributed by atoms with E-state index in [1.807, 2.05) is 67.9 Å². The highest BCUT2D eigenvalue weighted by molar-refractivity contribution is 8.00. The second-order valence-corrected chi connectivity index (χ2v) is 7.92. The Morgan fingerprint density at radius 2 is 1.79 bits per heavy atom. The number of carbonyl (C=O) groups excluding carboxylic acids is 1. The number of anilines is 1. The van der Waals surface area contributed by atoms with Crippen LogP contribution in [0, 0.1) is 0 Å². The van der Waals surface area contributed by atoms with Gasteiger partial charge in [0.05, 0.1) is 10.3 Å². The van der Waals surface area contributed by atoms with E-state index in [1.54, 1.807) is 12.1 Å². The number of hydrogen-bond donors (Lipinski definition) is 1. The van der Waals surface area contributed by atoms with E-state index >= 15 is 0 Å². The number of nitrogens with one attached hydrogen (secondary N) is 1. The molecule has 2 unspecified atom stereocenters. The van der Waals surface area contributed by atoms with Crippen LogP contribution < -0.4 is 10.1 Å². The lowest BCUT2D eigenvalue weighted by atomic mass is 10.3. The molecule has 2 aromatic carbocycles. The normalized spacial score (nSPS) is 13.0. The summed E-state index contributed by atoms with van der Waals surface area (Å²) in [4.78, 5) is 12.4. The third-order valence-electron chi connectivity index (χ3n) is 4.07. The summed E-state index contributed by atoms with van der Waals surface area (Å²) in [6.07, 6.45) is -0.347. The molecule has 28 heavy (non-hydrogen) atoms. The summed E-state index contributed by atoms with van der Waals surface area (Å²) in [5.41, 5.74) is 0.764. The minimum absolute atomic E-state index is 0.0962. The monoisotopic (exact) mass is 416 g/mol. The third kappa shape index (κ3) is 4.85. The first-order valence-electron chi connectivity index (χ1n) is 8.78. The lowest BCUT2D eigenvalue weighted by Crippen LogP contribution is -2.22. The molecule has 1 amide bonds. The zero-order valence-corrected chi connectivity index (χ0v) is 17.4. The van der Waals surface area contributed by atoms with Crippen molar-refractivity contribution in [1.82, 2.24) is 14.8 Å². The fraction of sp³-hybridized carbons (Fsp3) is 0.250. The minimum Gasteiger partial charge on any atom is -0.481 e. The van der Waals surface area contributed by atoms with Crippen LogP contribution in [0.1, 0.15) is 25.8 Å². The Morgan fingerprint density at radius 3 is 2.50 bits per heavy atom. The number of nitrogens with zero attached hydrogens (tertiary/aromatic N) is 3. The van der Waals surface area contributed by atoms with Gasteiger partial charge in [-0.1, -0.05) is 53.7 Å². The van der Waals surface area contributed by atoms with E-state index in [9.17, 15) is 4.79 Å². The van der Waals surface area contributed by atoms with Crippen molar-refractivity contribution < 1.29 is 9.53 Å². The van der Waals surface area contributed by atoms with Gasteiger partial charge in [-0.05, 0) is 38.1 Å². The first kappa shape index (κ1) is 20.2. The van der Waals surface area contributed by atoms with Gasteiger partial charge in [-0.3, -0.25) is 4.79 Å². The molecule has 0 radical (unpaired) electrons. The van der Waals surface area contributed by atoms with Crippen molar-refractivity contribution in [3.05, 3.63) is 65.4 Å². The molecule has 0 spiro atoms. The molecule has 0 bridgehead atoms. The quantitative estimate of drug-likeness (QED) is 0.564. The zero-order chi connectivity index (χ0) is 20.1. The summed E-state index contributed by atoms with van der Waals surface area (Å²) < 4.78 is 7.74. The van der Waals surface area contributed by atoms with Crippen molar-refractivity contribution in [2.45, 2.75) is 30.4 Å². The number of halogens is 1. The molecule has 1 aromatic heterocycles. The molecule has 1 heterocycles. The van der Waals surface area contributed by atoms with Crippen molar-refractivity contribution in [1.29, 1.82) is 0 Å². The number of ether oxygens (including phenoxy) is 1. The second kappa shape index (κ2) is 9.12. The molecular formula is C20H21ClN4O2S. The van der Waals surface area contributed by atoms with Crippen molar-refractivity contribution >= 4 is 35.0 Å². The SMILES string of the molecule is CC(Sc1nnc(C(C)Oc2ccccc2Cl)n1C)C(=O)Nc1ccccc1. The van der Waals surface area contributed by atoms with Crippen LogP contribution in [0.3, 0.4) is 0 Å². The summed E-state index contributed by atoms with van der Waals surface area (Å²) in [7, 11) is 1.85. The number of thioether (sulfide) groups is 1. The highest BCUT2D eigenvalue weighted by atomic mass is 35.5. The smallest absolute Gasteiger partial charge is 0.237 e. The fourth-order valence-electron chi connectivity index (χ4n) is 2.54. The van der Waals surface area contributed by atoms with Gasteiger partial charge in [-0.25, -0.2) is 0 Å². The van der Waals surface area contributed by atoms with E-state index in [4.69, 9.17) is 16.3 Å². The third-order valence-corrected chi connectivity index (χ3v) is 5.51. The molecule has 0 saturated carbocycles. The number of para-hydroxylation sites is 2. The van der Waals surface area contributed by atoms with Gasteiger partial charge in [0.2, 0.25) is 5.91 Å². The van der Waals surface area contributed by atoms with Crippen LogP contribution in [-0.4, -0.2) is 25.9 Å². The molecule has 2 atom stereocenters. The number of amides is 1. The van der Waals surface area contributed by atoms with E-state index in [2.05, 4.69) is 15.5 Å². The Kier molecular flexibility index (Phi) is 6.59. The van der Waals surface area contributed by atoms with E-state index < -0.39 is 0 Å². The lowest BCUT2D eigenvalue weighted by molar-refractivity contribution is -0.115. The molecule has 0 aliphatic rings. The summed E-state index contributed by atoms with van der Waals surface area (Å²) in [5, 5.41) is 12.2. The number of aromatic nitrogens is 3. The highest BCUT2D eigenvalue weighted by Crippen LogP contribution is 2.29. The minimum atomic E-state index is -0.347. The van der Waals surface area contributed by atoms with E-state index in [0.29, 0.717) is 21.8 Å². The van der Waals surface area contributed by atoms with E-state index in [0.717, 1.165) is 5.69 Å². The van der Waals surface area contributed by atoms with Gasteiger partial charge < -0.3 is 14.6 Å². The molecule has 3 rings (SSSR count). The Hall–Kier alpha value is -2.51. The van der Waals surface area contributed by atoms with Crippen LogP contribution in [0.15, 0.2) is 59.8 Å². The fourth-order valence-corrected chi connectivity index (χ4v) is 3.55. The molecule has 3 aromatic rings. The summed E-state index contributed by atoms with van der Waals surface area (Å²) in [5.74, 6) is 1.14. The van der Waals surface area contributed by atoms with Gasteiger partial charge in [-0.15, -0.1) is 10.2 Å². The Morgan fingerprint density at radius 1 is 1.11 bits per heavy atom. The van der Waals surface area contributed by atoms with Gasteiger partial charge in [0.1, 0.15) is 5.75 Å². The predicted molar refractivity (Wildman–Crippen MR) is 112 cm³/mol. The van der Waals surface area contributed by atoms with Crippen molar-refractivity contribution in [2.75, 3.05) is 5.32 Å². The van der Waals surface area contributed by atoms with Gasteiger partial charge in [0.25, 0.3) is 0 Å². The maximum atomic E-state index is 12.4. The van der Waals surface area contributed by atoms with Crippen molar-refractivity contribution in [3.8, 4) is 5.75 Å². The maximum absolute atomic E-state index is 12.4. The summed E-state index contributed by atoms with van der Waals surface area (Å²) in [6.45, 7) is 3.72. The average Bonchev–Trinajstić information content (AvgIpc) is 3.05. The van der Waals surface area contributed by atoms with E-state index in [1.165, 1.54) is 11.8 Å². The Labute approximate surface area is 173 Å². The number of hydrogen-bond acceptors (Lipinski definition) is 5. The lowest BCUT2D eigenvalue weighted by Gasteiger charge is -2.15. The molecule has 8 heteroatoms. The van der Waals surface area contributed by atoms with Gasteiger partial charge in [0, 0.05) is 12.7 Å². The molecule has 1 N–H and O–H groups in total. The van der Waals surface area contributed by atoms with Crippen molar-refractivity contribution in [3.63, 3.8) is 0 Å². The van der Waals surface area contributed by atoms with Crippen LogP contribution in [-0.2, 0) is 11.8 Å². The molecule has 6 nitrogen and oxygen atoms in total. The number of rotatable bonds is 7. The van der Waals surface area contributed by atoms with Crippen LogP contribution in [0.25, 0.3) is 0 Å². The second-order valence-electron chi connectivity index (χ2n) is 6.21. The summed E-state index contributed by atoms with van der Waals surface area (Å²) in [6, 6.07) is 16.6. The topological polar surface area (TPSA) is 69.0 Å². The number of benzene rings is 2. The van der Waals surface area contributed by atoms with Crippen LogP contribution in [0.2, 0.25) is 5.02 Å². The standard InChI is InChI=1S/C20H21ClN4O2S/c1-13(27-17-12-8-7-11-16(17)21)18-23-24-20(25(18)3)28-14(2)19(26)22-15-9-5-4-6-10-15/h4-14H,1-3H3,(H,22,26). The van der Waals surface area contributed by atoms with Gasteiger partial charge in [0.15, 0.2) is 17.1 Å². The zero-order valence-electron chi connectivity index (χ0n) is 15.8. The molecular weight excluding hydrogens is 396 g/mol. The Balaban J connectivity index is 1.65. The molecule has 0 saturated heterocycles. The number of carbonyl (C=O) groups is 1. The first-order chi connectivity index (χ1) is 13.5. The van der Waals surface area contributed by atoms with Gasteiger partial charge >= 0.3 is 0 Å². The average molecular weight is 417 g/mol. The van der Waals surface area contributed by atoms with E-state index in [-0.39, 0.29) is 17.3 Å². The largest absolute Gasteiger partial charge is 0.481 e. The highest BCUT2D eigenvalue weighted by Gasteiger charge is 2.22. The Bertz CT molecular complexity index is 948. The molecule has 0 fully saturated rings. The predicted octanol–water partition coefficient (Wildman–Crippen LogP) is 4.73. The molecule has 146 valence electrons. The van der Waals surface area contributed by atoms with Crippen molar-refractivity contribution in [2.24, 2.45) is 7.05 Å². The first-order valence-corrected chi connectivity index (χ1v) is 10.0. The van der Waals surface area contributed by atoms with Crippen LogP contribution in [0.4, 0.5) is 5.69 Å².